The fourth-order valence-electron chi connectivity index (χ4n) is 4.26. The van der Waals surface area contributed by atoms with Gasteiger partial charge in [-0.1, -0.05) is 41.9 Å². The van der Waals surface area contributed by atoms with E-state index in [1.807, 2.05) is 25.1 Å². The molecule has 216 valence electrons. The highest BCUT2D eigenvalue weighted by Crippen LogP contribution is 2.19. The van der Waals surface area contributed by atoms with Crippen molar-refractivity contribution in [1.82, 2.24) is 25.1 Å². The van der Waals surface area contributed by atoms with Crippen LogP contribution in [0, 0.1) is 0 Å². The number of benzene rings is 1. The van der Waals surface area contributed by atoms with Crippen LogP contribution in [0.25, 0.3) is 11.4 Å². The molecule has 11 nitrogen and oxygen atoms in total. The van der Waals surface area contributed by atoms with Gasteiger partial charge < -0.3 is 24.6 Å². The molecule has 0 saturated carbocycles. The van der Waals surface area contributed by atoms with E-state index >= 15 is 0 Å². The Morgan fingerprint density at radius 3 is 2.45 bits per heavy atom. The van der Waals surface area contributed by atoms with E-state index in [-0.39, 0.29) is 67.7 Å². The minimum absolute atomic E-state index is 0.00859. The van der Waals surface area contributed by atoms with Gasteiger partial charge in [0.2, 0.25) is 5.91 Å². The van der Waals surface area contributed by atoms with E-state index in [0.29, 0.717) is 5.56 Å². The molecule has 0 aliphatic carbocycles. The maximum atomic E-state index is 13.7. The number of amides is 3. The lowest BCUT2D eigenvalue weighted by Gasteiger charge is -2.40. The van der Waals surface area contributed by atoms with E-state index in [9.17, 15) is 19.2 Å². The molecule has 2 unspecified atom stereocenters. The number of hydrogen-bond donors (Lipinski definition) is 1. The van der Waals surface area contributed by atoms with Crippen LogP contribution in [-0.2, 0) is 19.1 Å². The zero-order valence-electron chi connectivity index (χ0n) is 23.5. The van der Waals surface area contributed by atoms with Crippen LogP contribution in [-0.4, -0.2) is 87.6 Å². The van der Waals surface area contributed by atoms with E-state index in [4.69, 9.17) is 21.1 Å². The van der Waals surface area contributed by atoms with Crippen molar-refractivity contribution >= 4 is 35.5 Å². The molecule has 3 amide bonds. The molecule has 2 aromatic rings. The molecular formula is C28H36ClN5O6. The van der Waals surface area contributed by atoms with Crippen LogP contribution < -0.4 is 5.32 Å². The number of carbonyl (C=O) groups is 4. The molecule has 0 radical (unpaired) electrons. The van der Waals surface area contributed by atoms with Gasteiger partial charge in [-0.3, -0.25) is 14.4 Å². The van der Waals surface area contributed by atoms with Crippen LogP contribution in [0.3, 0.4) is 0 Å². The molecule has 40 heavy (non-hydrogen) atoms. The molecule has 0 spiro atoms. The number of esters is 1. The highest BCUT2D eigenvalue weighted by atomic mass is 35.5. The Morgan fingerprint density at radius 1 is 1.12 bits per heavy atom. The van der Waals surface area contributed by atoms with E-state index < -0.39 is 29.6 Å². The van der Waals surface area contributed by atoms with Crippen molar-refractivity contribution in [2.75, 3.05) is 26.2 Å². The summed E-state index contributed by atoms with van der Waals surface area (Å²) in [5.74, 6) is -1.24. The van der Waals surface area contributed by atoms with Gasteiger partial charge in [-0.15, -0.1) is 0 Å². The fraction of sp³-hybridized carbons (Fsp3) is 0.500. The Kier molecular flexibility index (Phi) is 10.4. The summed E-state index contributed by atoms with van der Waals surface area (Å²) in [6.45, 7) is 9.86. The Bertz CT molecular complexity index is 1220. The Balaban J connectivity index is 1.80. The van der Waals surface area contributed by atoms with E-state index in [1.54, 1.807) is 49.6 Å². The second-order valence-electron chi connectivity index (χ2n) is 10.4. The average molecular weight is 574 g/mol. The molecule has 12 heteroatoms. The number of hydrogen-bond acceptors (Lipinski definition) is 8. The average Bonchev–Trinajstić information content (AvgIpc) is 2.89. The summed E-state index contributed by atoms with van der Waals surface area (Å²) in [7, 11) is 0. The van der Waals surface area contributed by atoms with Gasteiger partial charge in [0.1, 0.15) is 22.5 Å². The number of carbonyl (C=O) groups excluding carboxylic acids is 4. The zero-order chi connectivity index (χ0) is 29.4. The summed E-state index contributed by atoms with van der Waals surface area (Å²) in [5, 5.41) is 2.81. The van der Waals surface area contributed by atoms with E-state index in [1.165, 1.54) is 6.07 Å². The summed E-state index contributed by atoms with van der Waals surface area (Å²) in [5.41, 5.74) is -0.0393. The van der Waals surface area contributed by atoms with Crippen molar-refractivity contribution < 1.29 is 28.7 Å². The normalized spacial score (nSPS) is 16.2. The van der Waals surface area contributed by atoms with Crippen LogP contribution >= 0.6 is 11.6 Å². The minimum Gasteiger partial charge on any atom is -0.460 e. The lowest BCUT2D eigenvalue weighted by molar-refractivity contribution is -0.155. The number of nitrogens with zero attached hydrogens (tertiary/aromatic N) is 4. The fourth-order valence-corrected chi connectivity index (χ4v) is 4.44. The third kappa shape index (κ3) is 8.64. The summed E-state index contributed by atoms with van der Waals surface area (Å²) >= 11 is 6.20. The van der Waals surface area contributed by atoms with Crippen molar-refractivity contribution in [2.24, 2.45) is 0 Å². The number of piperazine rings is 1. The first-order valence-corrected chi connectivity index (χ1v) is 13.6. The van der Waals surface area contributed by atoms with Crippen molar-refractivity contribution in [2.45, 2.75) is 65.1 Å². The van der Waals surface area contributed by atoms with Gasteiger partial charge in [-0.25, -0.2) is 14.8 Å². The van der Waals surface area contributed by atoms with Gasteiger partial charge in [0.15, 0.2) is 5.82 Å². The van der Waals surface area contributed by atoms with E-state index in [2.05, 4.69) is 15.3 Å². The lowest BCUT2D eigenvalue weighted by atomic mass is 10.1. The standard InChI is InChI=1S/C28H36ClN5O6/c1-6-39-27(38)33-14-15-34(18(2)17-33)26(37)20(12-13-23(35)40-28(3,4)5)31-25(36)21-16-22(29)32-24(30-21)19-10-8-7-9-11-19/h7-11,16,18,20H,6,12-15,17H2,1-5H3,(H,31,36). The van der Waals surface area contributed by atoms with Crippen molar-refractivity contribution in [3.8, 4) is 11.4 Å². The maximum Gasteiger partial charge on any atom is 0.409 e. The molecule has 1 aliphatic heterocycles. The second-order valence-corrected chi connectivity index (χ2v) is 10.8. The molecule has 2 atom stereocenters. The number of aromatic nitrogens is 2. The molecule has 2 heterocycles. The summed E-state index contributed by atoms with van der Waals surface area (Å²) in [6.07, 6.45) is -0.523. The van der Waals surface area contributed by atoms with Crippen molar-refractivity contribution in [3.05, 3.63) is 47.2 Å². The van der Waals surface area contributed by atoms with Gasteiger partial charge in [-0.05, 0) is 41.0 Å². The molecule has 1 aliphatic rings. The zero-order valence-corrected chi connectivity index (χ0v) is 24.2. The van der Waals surface area contributed by atoms with Crippen LogP contribution in [0.15, 0.2) is 36.4 Å². The number of rotatable bonds is 8. The molecule has 3 rings (SSSR count). The van der Waals surface area contributed by atoms with Gasteiger partial charge in [0.05, 0.1) is 6.61 Å². The minimum atomic E-state index is -1.05. The number of ether oxygens (including phenoxy) is 2. The predicted octanol–water partition coefficient (Wildman–Crippen LogP) is 3.71. The topological polar surface area (TPSA) is 131 Å². The first-order chi connectivity index (χ1) is 18.9. The highest BCUT2D eigenvalue weighted by Gasteiger charge is 2.35. The summed E-state index contributed by atoms with van der Waals surface area (Å²) in [6, 6.07) is 8.97. The molecule has 1 aromatic carbocycles. The maximum absolute atomic E-state index is 13.7. The monoisotopic (exact) mass is 573 g/mol. The molecule has 1 fully saturated rings. The smallest absolute Gasteiger partial charge is 0.409 e. The summed E-state index contributed by atoms with van der Waals surface area (Å²) in [4.78, 5) is 63.3. The number of halogens is 1. The van der Waals surface area contributed by atoms with Crippen molar-refractivity contribution in [1.29, 1.82) is 0 Å². The Labute approximate surface area is 239 Å². The van der Waals surface area contributed by atoms with Crippen LogP contribution in [0.4, 0.5) is 4.79 Å². The van der Waals surface area contributed by atoms with Crippen LogP contribution in [0.5, 0.6) is 0 Å². The quantitative estimate of drug-likeness (QED) is 0.373. The SMILES string of the molecule is CCOC(=O)N1CCN(C(=O)C(CCC(=O)OC(C)(C)C)NC(=O)c2cc(Cl)nc(-c3ccccc3)n2)C(C)C1. The third-order valence-corrected chi connectivity index (χ3v) is 6.25. The first-order valence-electron chi connectivity index (χ1n) is 13.2. The molecule has 1 aromatic heterocycles. The second kappa shape index (κ2) is 13.6. The number of nitrogens with one attached hydrogen (secondary N) is 1. The van der Waals surface area contributed by atoms with E-state index in [0.717, 1.165) is 0 Å². The van der Waals surface area contributed by atoms with Gasteiger partial charge in [0.25, 0.3) is 5.91 Å². The Morgan fingerprint density at radius 2 is 1.82 bits per heavy atom. The largest absolute Gasteiger partial charge is 0.460 e. The van der Waals surface area contributed by atoms with Gasteiger partial charge in [0, 0.05) is 43.7 Å². The van der Waals surface area contributed by atoms with Crippen molar-refractivity contribution in [3.63, 3.8) is 0 Å². The lowest BCUT2D eigenvalue weighted by Crippen LogP contribution is -2.59. The first kappa shape index (κ1) is 30.8. The predicted molar refractivity (Wildman–Crippen MR) is 149 cm³/mol. The van der Waals surface area contributed by atoms with Crippen LogP contribution in [0.1, 0.15) is 57.9 Å². The van der Waals surface area contributed by atoms with Gasteiger partial charge >= 0.3 is 12.1 Å². The Hall–Kier alpha value is -3.73. The van der Waals surface area contributed by atoms with Gasteiger partial charge in [-0.2, -0.15) is 0 Å². The molecule has 0 bridgehead atoms. The third-order valence-electron chi connectivity index (χ3n) is 6.06. The summed E-state index contributed by atoms with van der Waals surface area (Å²) < 4.78 is 10.5. The van der Waals surface area contributed by atoms with Crippen LogP contribution in [0.2, 0.25) is 5.15 Å². The molecular weight excluding hydrogens is 538 g/mol. The highest BCUT2D eigenvalue weighted by molar-refractivity contribution is 6.29. The molecule has 1 saturated heterocycles. The molecule has 1 N–H and O–H groups in total.